The van der Waals surface area contributed by atoms with Crippen LogP contribution in [0.4, 0.5) is 0 Å². The van der Waals surface area contributed by atoms with Crippen molar-refractivity contribution in [2.75, 3.05) is 6.54 Å². The molecule has 0 unspecified atom stereocenters. The predicted octanol–water partition coefficient (Wildman–Crippen LogP) is 3.50. The van der Waals surface area contributed by atoms with Gasteiger partial charge >= 0.3 is 0 Å². The second kappa shape index (κ2) is 6.87. The Morgan fingerprint density at radius 3 is 2.94 bits per heavy atom. The quantitative estimate of drug-likeness (QED) is 0.821. The molecule has 0 spiro atoms. The van der Waals surface area contributed by atoms with Crippen molar-refractivity contribution >= 4 is 23.1 Å². The van der Waals surface area contributed by atoms with Gasteiger partial charge in [0.2, 0.25) is 0 Å². The highest BCUT2D eigenvalue weighted by Crippen LogP contribution is 2.31. The van der Waals surface area contributed by atoms with Crippen LogP contribution in [0, 0.1) is 6.92 Å². The first-order chi connectivity index (χ1) is 8.79. The lowest BCUT2D eigenvalue weighted by atomic mass is 10.1. The minimum absolute atomic E-state index is 0.943. The number of rotatable bonds is 6. The number of nitrogens with zero attached hydrogens (tertiary/aromatic N) is 2. The molecule has 0 bridgehead atoms. The number of aromatic nitrogens is 2. The first-order valence-corrected chi connectivity index (χ1v) is 7.73. The molecule has 0 radical (unpaired) electrons. The topological polar surface area (TPSA) is 37.8 Å². The van der Waals surface area contributed by atoms with Gasteiger partial charge in [0, 0.05) is 11.4 Å². The van der Waals surface area contributed by atoms with E-state index in [-0.39, 0.29) is 0 Å². The molecule has 0 saturated carbocycles. The highest BCUT2D eigenvalue weighted by molar-refractivity contribution is 8.01. The molecule has 1 aromatic carbocycles. The average molecular weight is 279 g/mol. The van der Waals surface area contributed by atoms with Crippen LogP contribution < -0.4 is 5.32 Å². The lowest BCUT2D eigenvalue weighted by Gasteiger charge is -2.07. The second-order valence-corrected chi connectivity index (χ2v) is 6.21. The zero-order chi connectivity index (χ0) is 12.8. The van der Waals surface area contributed by atoms with Crippen molar-refractivity contribution in [3.63, 3.8) is 0 Å². The van der Waals surface area contributed by atoms with E-state index in [0.717, 1.165) is 17.4 Å². The van der Waals surface area contributed by atoms with Crippen LogP contribution in [-0.4, -0.2) is 16.7 Å². The zero-order valence-electron chi connectivity index (χ0n) is 10.6. The summed E-state index contributed by atoms with van der Waals surface area (Å²) in [5.74, 6) is 0. The van der Waals surface area contributed by atoms with E-state index < -0.39 is 0 Å². The van der Waals surface area contributed by atoms with Gasteiger partial charge in [0.05, 0.1) is 0 Å². The van der Waals surface area contributed by atoms with Gasteiger partial charge in [-0.25, -0.2) is 0 Å². The maximum atomic E-state index is 4.05. The third kappa shape index (κ3) is 3.80. The summed E-state index contributed by atoms with van der Waals surface area (Å²) in [6.07, 6.45) is 1.17. The van der Waals surface area contributed by atoms with E-state index in [1.165, 1.54) is 22.4 Å². The van der Waals surface area contributed by atoms with Gasteiger partial charge < -0.3 is 5.32 Å². The number of aryl methyl sites for hydroxylation is 1. The van der Waals surface area contributed by atoms with Gasteiger partial charge in [-0.1, -0.05) is 42.2 Å². The molecule has 0 aliphatic carbocycles. The molecular formula is C13H17N3S2. The van der Waals surface area contributed by atoms with E-state index in [4.69, 9.17) is 0 Å². The fourth-order valence-corrected chi connectivity index (χ4v) is 3.15. The third-order valence-corrected chi connectivity index (χ3v) is 4.49. The summed E-state index contributed by atoms with van der Waals surface area (Å²) in [4.78, 5) is 1.26. The van der Waals surface area contributed by atoms with E-state index in [1.807, 2.05) is 0 Å². The van der Waals surface area contributed by atoms with Crippen molar-refractivity contribution in [1.82, 2.24) is 15.5 Å². The largest absolute Gasteiger partial charge is 0.313 e. The second-order valence-electron chi connectivity index (χ2n) is 4.08. The Labute approximate surface area is 116 Å². The summed E-state index contributed by atoms with van der Waals surface area (Å²) >= 11 is 3.26. The Morgan fingerprint density at radius 1 is 1.39 bits per heavy atom. The van der Waals surface area contributed by atoms with E-state index >= 15 is 0 Å². The summed E-state index contributed by atoms with van der Waals surface area (Å²) in [7, 11) is 0. The van der Waals surface area contributed by atoms with Crippen molar-refractivity contribution in [2.45, 2.75) is 36.0 Å². The molecular weight excluding hydrogens is 262 g/mol. The maximum absolute atomic E-state index is 4.05. The molecule has 0 saturated heterocycles. The third-order valence-electron chi connectivity index (χ3n) is 2.53. The van der Waals surface area contributed by atoms with Gasteiger partial charge in [-0.15, -0.1) is 10.2 Å². The molecule has 1 aromatic heterocycles. The van der Waals surface area contributed by atoms with Crippen molar-refractivity contribution in [3.05, 3.63) is 34.8 Å². The molecule has 2 aromatic rings. The molecule has 0 aliphatic rings. The summed E-state index contributed by atoms with van der Waals surface area (Å²) in [5.41, 5.74) is 4.40. The van der Waals surface area contributed by atoms with E-state index in [1.54, 1.807) is 28.6 Å². The van der Waals surface area contributed by atoms with Crippen molar-refractivity contribution < 1.29 is 0 Å². The highest BCUT2D eigenvalue weighted by Gasteiger charge is 2.04. The number of nitrogens with one attached hydrogen (secondary N) is 1. The maximum Gasteiger partial charge on any atom is 0.178 e. The smallest absolute Gasteiger partial charge is 0.178 e. The summed E-state index contributed by atoms with van der Waals surface area (Å²) in [5, 5.41) is 11.3. The Balaban J connectivity index is 2.01. The minimum atomic E-state index is 0.943. The van der Waals surface area contributed by atoms with Gasteiger partial charge in [0.1, 0.15) is 5.51 Å². The number of hydrogen-bond acceptors (Lipinski definition) is 5. The van der Waals surface area contributed by atoms with Crippen LogP contribution in [0.1, 0.15) is 24.5 Å². The molecule has 0 fully saturated rings. The average Bonchev–Trinajstić information content (AvgIpc) is 2.86. The standard InChI is InChI=1S/C13H17N3S2/c1-3-6-14-8-11-4-5-12(10(2)7-11)18-13-16-15-9-17-13/h4-5,7,9,14H,3,6,8H2,1-2H3. The van der Waals surface area contributed by atoms with Gasteiger partial charge in [0.25, 0.3) is 0 Å². The van der Waals surface area contributed by atoms with Crippen LogP contribution in [0.15, 0.2) is 32.9 Å². The first-order valence-electron chi connectivity index (χ1n) is 6.04. The SMILES string of the molecule is CCCNCc1ccc(Sc2nncs2)c(C)c1. The summed E-state index contributed by atoms with van der Waals surface area (Å²) in [6, 6.07) is 6.59. The van der Waals surface area contributed by atoms with Crippen LogP contribution in [-0.2, 0) is 6.54 Å². The Morgan fingerprint density at radius 2 is 2.28 bits per heavy atom. The van der Waals surface area contributed by atoms with Crippen LogP contribution >= 0.6 is 23.1 Å². The van der Waals surface area contributed by atoms with Crippen molar-refractivity contribution in [2.24, 2.45) is 0 Å². The van der Waals surface area contributed by atoms with Crippen LogP contribution in [0.25, 0.3) is 0 Å². The van der Waals surface area contributed by atoms with Crippen LogP contribution in [0.3, 0.4) is 0 Å². The van der Waals surface area contributed by atoms with E-state index in [2.05, 4.69) is 47.6 Å². The minimum Gasteiger partial charge on any atom is -0.313 e. The molecule has 18 heavy (non-hydrogen) atoms. The monoisotopic (exact) mass is 279 g/mol. The van der Waals surface area contributed by atoms with Gasteiger partial charge in [-0.3, -0.25) is 0 Å². The first kappa shape index (κ1) is 13.5. The fourth-order valence-electron chi connectivity index (χ4n) is 1.65. The Bertz CT molecular complexity index is 483. The Kier molecular flexibility index (Phi) is 5.16. The molecule has 96 valence electrons. The molecule has 2 rings (SSSR count). The van der Waals surface area contributed by atoms with Gasteiger partial charge in [-0.05, 0) is 37.1 Å². The highest BCUT2D eigenvalue weighted by atomic mass is 32.2. The molecule has 0 atom stereocenters. The number of benzene rings is 1. The predicted molar refractivity (Wildman–Crippen MR) is 77.2 cm³/mol. The zero-order valence-corrected chi connectivity index (χ0v) is 12.3. The van der Waals surface area contributed by atoms with Crippen molar-refractivity contribution in [1.29, 1.82) is 0 Å². The van der Waals surface area contributed by atoms with Crippen LogP contribution in [0.2, 0.25) is 0 Å². The molecule has 3 nitrogen and oxygen atoms in total. The normalized spacial score (nSPS) is 10.8. The molecule has 0 aliphatic heterocycles. The van der Waals surface area contributed by atoms with Crippen molar-refractivity contribution in [3.8, 4) is 0 Å². The lowest BCUT2D eigenvalue weighted by molar-refractivity contribution is 0.675. The van der Waals surface area contributed by atoms with E-state index in [0.29, 0.717) is 0 Å². The Hall–Kier alpha value is -0.910. The molecule has 5 heteroatoms. The number of hydrogen-bond donors (Lipinski definition) is 1. The van der Waals surface area contributed by atoms with Gasteiger partial charge in [-0.2, -0.15) is 0 Å². The summed E-state index contributed by atoms with van der Waals surface area (Å²) < 4.78 is 0.995. The fraction of sp³-hybridized carbons (Fsp3) is 0.385. The molecule has 1 N–H and O–H groups in total. The lowest BCUT2D eigenvalue weighted by Crippen LogP contribution is -2.13. The molecule has 1 heterocycles. The van der Waals surface area contributed by atoms with Crippen LogP contribution in [0.5, 0.6) is 0 Å². The molecule has 0 amide bonds. The van der Waals surface area contributed by atoms with Gasteiger partial charge in [0.15, 0.2) is 4.34 Å². The van der Waals surface area contributed by atoms with E-state index in [9.17, 15) is 0 Å². The summed E-state index contributed by atoms with van der Waals surface area (Å²) in [6.45, 7) is 6.34.